The fourth-order valence-corrected chi connectivity index (χ4v) is 1.77. The first-order chi connectivity index (χ1) is 7.79. The molecule has 92 valence electrons. The number of rotatable bonds is 1. The number of amides is 1. The molecule has 1 aromatic rings. The minimum Gasteiger partial charge on any atom is -0.358 e. The lowest BCUT2D eigenvalue weighted by Gasteiger charge is -2.22. The zero-order chi connectivity index (χ0) is 13.1. The Morgan fingerprint density at radius 2 is 1.82 bits per heavy atom. The quantitative estimate of drug-likeness (QED) is 0.752. The van der Waals surface area contributed by atoms with Crippen molar-refractivity contribution in [2.45, 2.75) is 33.2 Å². The van der Waals surface area contributed by atoms with E-state index in [2.05, 4.69) is 10.6 Å². The Kier molecular flexibility index (Phi) is 4.23. The molecule has 3 nitrogen and oxygen atoms in total. The Morgan fingerprint density at radius 3 is 2.35 bits per heavy atom. The van der Waals surface area contributed by atoms with E-state index >= 15 is 0 Å². The summed E-state index contributed by atoms with van der Waals surface area (Å²) in [4.78, 5) is 11.9. The zero-order valence-corrected chi connectivity index (χ0v) is 11.4. The average Bonchev–Trinajstić information content (AvgIpc) is 2.14. The van der Waals surface area contributed by atoms with E-state index in [1.165, 1.54) is 0 Å². The van der Waals surface area contributed by atoms with E-state index in [0.29, 0.717) is 10.7 Å². The van der Waals surface area contributed by atoms with Crippen LogP contribution in [-0.2, 0) is 0 Å². The summed E-state index contributed by atoms with van der Waals surface area (Å²) in [5, 5.41) is 6.07. The monoisotopic (exact) mass is 250 g/mol. The highest BCUT2D eigenvalue weighted by atomic mass is 32.1. The van der Waals surface area contributed by atoms with Crippen molar-refractivity contribution in [3.63, 3.8) is 0 Å². The van der Waals surface area contributed by atoms with Crippen LogP contribution in [0, 0.1) is 6.92 Å². The molecule has 4 heteroatoms. The molecule has 0 unspecified atom stereocenters. The van der Waals surface area contributed by atoms with Gasteiger partial charge in [0.1, 0.15) is 0 Å². The van der Waals surface area contributed by atoms with Crippen molar-refractivity contribution in [2.24, 2.45) is 0 Å². The van der Waals surface area contributed by atoms with Gasteiger partial charge >= 0.3 is 0 Å². The first-order valence-electron chi connectivity index (χ1n) is 5.49. The SMILES string of the molecule is Cc1ccccc1C(=O)NC(=S)NC(C)(C)C. The summed E-state index contributed by atoms with van der Waals surface area (Å²) >= 11 is 5.08. The lowest BCUT2D eigenvalue weighted by atomic mass is 10.1. The molecule has 1 aromatic carbocycles. The maximum atomic E-state index is 11.9. The number of nitrogens with one attached hydrogen (secondary N) is 2. The fraction of sp³-hybridized carbons (Fsp3) is 0.385. The van der Waals surface area contributed by atoms with Crippen LogP contribution in [0.25, 0.3) is 0 Å². The molecule has 17 heavy (non-hydrogen) atoms. The van der Waals surface area contributed by atoms with Gasteiger partial charge in [0.2, 0.25) is 0 Å². The topological polar surface area (TPSA) is 41.1 Å². The minimum atomic E-state index is -0.176. The first-order valence-corrected chi connectivity index (χ1v) is 5.89. The molecule has 0 aromatic heterocycles. The van der Waals surface area contributed by atoms with Crippen LogP contribution in [-0.4, -0.2) is 16.6 Å². The van der Waals surface area contributed by atoms with Gasteiger partial charge in [-0.3, -0.25) is 10.1 Å². The largest absolute Gasteiger partial charge is 0.358 e. The standard InChI is InChI=1S/C13H18N2OS/c1-9-7-5-6-8-10(9)11(16)14-12(17)15-13(2,3)4/h5-8H,1-4H3,(H2,14,15,16,17). The number of thiocarbonyl (C=S) groups is 1. The molecule has 0 heterocycles. The van der Waals surface area contributed by atoms with Gasteiger partial charge in [-0.05, 0) is 51.5 Å². The molecule has 0 fully saturated rings. The van der Waals surface area contributed by atoms with Crippen molar-refractivity contribution in [1.82, 2.24) is 10.6 Å². The second kappa shape index (κ2) is 5.27. The third kappa shape index (κ3) is 4.53. The van der Waals surface area contributed by atoms with Gasteiger partial charge in [-0.2, -0.15) is 0 Å². The van der Waals surface area contributed by atoms with Gasteiger partial charge < -0.3 is 5.32 Å². The minimum absolute atomic E-state index is 0.157. The van der Waals surface area contributed by atoms with Crippen LogP contribution in [0.4, 0.5) is 0 Å². The Bertz CT molecular complexity index is 435. The van der Waals surface area contributed by atoms with Gasteiger partial charge in [-0.25, -0.2) is 0 Å². The zero-order valence-electron chi connectivity index (χ0n) is 10.6. The summed E-state index contributed by atoms with van der Waals surface area (Å²) in [6.07, 6.45) is 0. The fourth-order valence-electron chi connectivity index (χ4n) is 1.37. The molecule has 2 N–H and O–H groups in total. The highest BCUT2D eigenvalue weighted by Gasteiger charge is 2.14. The van der Waals surface area contributed by atoms with Crippen molar-refractivity contribution in [2.75, 3.05) is 0 Å². The Labute approximate surface area is 108 Å². The second-order valence-electron chi connectivity index (χ2n) is 4.97. The lowest BCUT2D eigenvalue weighted by Crippen LogP contribution is -2.48. The molecule has 0 spiro atoms. The molecular weight excluding hydrogens is 232 g/mol. The predicted molar refractivity (Wildman–Crippen MR) is 74.1 cm³/mol. The number of carbonyl (C=O) groups is 1. The van der Waals surface area contributed by atoms with Crippen molar-refractivity contribution in [1.29, 1.82) is 0 Å². The molecule has 1 rings (SSSR count). The molecule has 0 bridgehead atoms. The molecule has 0 aliphatic heterocycles. The van der Waals surface area contributed by atoms with E-state index in [4.69, 9.17) is 12.2 Å². The number of aryl methyl sites for hydroxylation is 1. The van der Waals surface area contributed by atoms with E-state index in [1.54, 1.807) is 6.07 Å². The summed E-state index contributed by atoms with van der Waals surface area (Å²) in [6.45, 7) is 7.85. The van der Waals surface area contributed by atoms with Crippen molar-refractivity contribution in [3.8, 4) is 0 Å². The maximum Gasteiger partial charge on any atom is 0.257 e. The smallest absolute Gasteiger partial charge is 0.257 e. The van der Waals surface area contributed by atoms with Crippen LogP contribution < -0.4 is 10.6 Å². The summed E-state index contributed by atoms with van der Waals surface area (Å²) < 4.78 is 0. The summed E-state index contributed by atoms with van der Waals surface area (Å²) in [5.74, 6) is -0.176. The van der Waals surface area contributed by atoms with Crippen molar-refractivity contribution in [3.05, 3.63) is 35.4 Å². The maximum absolute atomic E-state index is 11.9. The Hall–Kier alpha value is -1.42. The van der Waals surface area contributed by atoms with E-state index in [-0.39, 0.29) is 11.4 Å². The average molecular weight is 250 g/mol. The molecule has 0 aliphatic carbocycles. The third-order valence-corrected chi connectivity index (χ3v) is 2.31. The highest BCUT2D eigenvalue weighted by molar-refractivity contribution is 7.80. The molecule has 0 atom stereocenters. The van der Waals surface area contributed by atoms with E-state index in [1.807, 2.05) is 45.9 Å². The van der Waals surface area contributed by atoms with Gasteiger partial charge in [0, 0.05) is 11.1 Å². The van der Waals surface area contributed by atoms with E-state index < -0.39 is 0 Å². The number of hydrogen-bond acceptors (Lipinski definition) is 2. The molecule has 0 radical (unpaired) electrons. The van der Waals surface area contributed by atoms with E-state index in [0.717, 1.165) is 5.56 Å². The van der Waals surface area contributed by atoms with Crippen LogP contribution in [0.1, 0.15) is 36.7 Å². The second-order valence-corrected chi connectivity index (χ2v) is 5.38. The van der Waals surface area contributed by atoms with Gasteiger partial charge in [0.05, 0.1) is 0 Å². The van der Waals surface area contributed by atoms with Crippen molar-refractivity contribution >= 4 is 23.2 Å². The van der Waals surface area contributed by atoms with Crippen LogP contribution in [0.15, 0.2) is 24.3 Å². The van der Waals surface area contributed by atoms with Crippen LogP contribution in [0.2, 0.25) is 0 Å². The van der Waals surface area contributed by atoms with Gasteiger partial charge in [-0.1, -0.05) is 18.2 Å². The van der Waals surface area contributed by atoms with Crippen LogP contribution >= 0.6 is 12.2 Å². The van der Waals surface area contributed by atoms with Crippen LogP contribution in [0.5, 0.6) is 0 Å². The third-order valence-electron chi connectivity index (χ3n) is 2.11. The normalized spacial score (nSPS) is 10.8. The summed E-state index contributed by atoms with van der Waals surface area (Å²) in [7, 11) is 0. The van der Waals surface area contributed by atoms with Crippen molar-refractivity contribution < 1.29 is 4.79 Å². The summed E-state index contributed by atoms with van der Waals surface area (Å²) in [6, 6.07) is 7.42. The van der Waals surface area contributed by atoms with Gasteiger partial charge in [-0.15, -0.1) is 0 Å². The van der Waals surface area contributed by atoms with E-state index in [9.17, 15) is 4.79 Å². The van der Waals surface area contributed by atoms with Crippen LogP contribution in [0.3, 0.4) is 0 Å². The number of benzene rings is 1. The highest BCUT2D eigenvalue weighted by Crippen LogP contribution is 2.06. The van der Waals surface area contributed by atoms with Gasteiger partial charge in [0.25, 0.3) is 5.91 Å². The molecular formula is C13H18N2OS. The molecule has 0 saturated carbocycles. The molecule has 0 aliphatic rings. The number of carbonyl (C=O) groups excluding carboxylic acids is 1. The number of hydrogen-bond donors (Lipinski definition) is 2. The Balaban J connectivity index is 2.68. The first kappa shape index (κ1) is 13.6. The summed E-state index contributed by atoms with van der Waals surface area (Å²) in [5.41, 5.74) is 1.42. The van der Waals surface area contributed by atoms with Gasteiger partial charge in [0.15, 0.2) is 5.11 Å². The molecule has 0 saturated heterocycles. The lowest BCUT2D eigenvalue weighted by molar-refractivity contribution is 0.0975. The Morgan fingerprint density at radius 1 is 1.24 bits per heavy atom. The predicted octanol–water partition coefficient (Wildman–Crippen LogP) is 2.40. The molecule has 1 amide bonds.